The second kappa shape index (κ2) is 6.61. The van der Waals surface area contributed by atoms with Crippen LogP contribution in [0, 0.1) is 0 Å². The third-order valence-electron chi connectivity index (χ3n) is 2.58. The normalized spacial score (nSPS) is 10.7. The Hall–Kier alpha value is -0.750. The standard InChI is InChI=1S/C13H13BrClNO2S/c1-18-11-5-9(15)4-8(13(11)17)6-16-7-10-2-3-12(14)19-10/h2-5,16-17H,6-7H2,1H3. The molecule has 0 saturated carbocycles. The molecule has 0 bridgehead atoms. The Balaban J connectivity index is 2.01. The van der Waals surface area contributed by atoms with Crippen molar-refractivity contribution in [2.24, 2.45) is 0 Å². The second-order valence-electron chi connectivity index (χ2n) is 3.93. The minimum Gasteiger partial charge on any atom is -0.504 e. The molecule has 0 fully saturated rings. The van der Waals surface area contributed by atoms with Crippen molar-refractivity contribution in [3.63, 3.8) is 0 Å². The average molecular weight is 363 g/mol. The molecule has 1 aromatic heterocycles. The monoisotopic (exact) mass is 361 g/mol. The van der Waals surface area contributed by atoms with Crippen LogP contribution < -0.4 is 10.1 Å². The Morgan fingerprint density at radius 3 is 2.79 bits per heavy atom. The van der Waals surface area contributed by atoms with Crippen LogP contribution in [-0.4, -0.2) is 12.2 Å². The molecule has 0 amide bonds. The molecule has 2 aromatic rings. The van der Waals surface area contributed by atoms with E-state index in [0.717, 1.165) is 15.9 Å². The van der Waals surface area contributed by atoms with E-state index in [4.69, 9.17) is 16.3 Å². The highest BCUT2D eigenvalue weighted by molar-refractivity contribution is 9.11. The highest BCUT2D eigenvalue weighted by Crippen LogP contribution is 2.33. The number of halogens is 2. The third-order valence-corrected chi connectivity index (χ3v) is 4.42. The lowest BCUT2D eigenvalue weighted by Crippen LogP contribution is -2.12. The zero-order valence-electron chi connectivity index (χ0n) is 10.2. The van der Waals surface area contributed by atoms with Gasteiger partial charge in [0.2, 0.25) is 0 Å². The number of hydrogen-bond acceptors (Lipinski definition) is 4. The summed E-state index contributed by atoms with van der Waals surface area (Å²) in [5, 5.41) is 13.8. The van der Waals surface area contributed by atoms with Crippen molar-refractivity contribution in [2.75, 3.05) is 7.11 Å². The highest BCUT2D eigenvalue weighted by Gasteiger charge is 2.09. The van der Waals surface area contributed by atoms with Gasteiger partial charge >= 0.3 is 0 Å². The van der Waals surface area contributed by atoms with Crippen LogP contribution >= 0.6 is 38.9 Å². The zero-order valence-corrected chi connectivity index (χ0v) is 13.4. The summed E-state index contributed by atoms with van der Waals surface area (Å²) in [6.45, 7) is 1.27. The third kappa shape index (κ3) is 3.86. The molecule has 0 spiro atoms. The lowest BCUT2D eigenvalue weighted by Gasteiger charge is -2.10. The van der Waals surface area contributed by atoms with Crippen molar-refractivity contribution in [1.29, 1.82) is 0 Å². The Kier molecular flexibility index (Phi) is 5.10. The summed E-state index contributed by atoms with van der Waals surface area (Å²) in [5.74, 6) is 0.523. The average Bonchev–Trinajstić information content (AvgIpc) is 2.79. The number of thiophene rings is 1. The fraction of sp³-hybridized carbons (Fsp3) is 0.231. The van der Waals surface area contributed by atoms with Crippen LogP contribution in [0.3, 0.4) is 0 Å². The van der Waals surface area contributed by atoms with Gasteiger partial charge in [-0.05, 0) is 34.1 Å². The first kappa shape index (κ1) is 14.7. The van der Waals surface area contributed by atoms with Crippen LogP contribution in [0.4, 0.5) is 0 Å². The Morgan fingerprint density at radius 2 is 2.16 bits per heavy atom. The minimum absolute atomic E-state index is 0.131. The van der Waals surface area contributed by atoms with Gasteiger partial charge in [0.1, 0.15) is 0 Å². The van der Waals surface area contributed by atoms with Gasteiger partial charge in [0.05, 0.1) is 10.9 Å². The van der Waals surface area contributed by atoms with Gasteiger partial charge in [-0.1, -0.05) is 11.6 Å². The van der Waals surface area contributed by atoms with Crippen molar-refractivity contribution in [1.82, 2.24) is 5.32 Å². The summed E-state index contributed by atoms with van der Waals surface area (Å²) in [7, 11) is 1.51. The summed E-state index contributed by atoms with van der Waals surface area (Å²) in [6, 6.07) is 7.40. The molecule has 0 radical (unpaired) electrons. The summed E-state index contributed by atoms with van der Waals surface area (Å²) >= 11 is 11.1. The molecule has 0 aliphatic carbocycles. The first-order valence-electron chi connectivity index (χ1n) is 5.60. The maximum atomic E-state index is 9.99. The molecule has 1 heterocycles. The summed E-state index contributed by atoms with van der Waals surface area (Å²) in [5.41, 5.74) is 0.722. The molecule has 102 valence electrons. The Bertz CT molecular complexity index is 574. The molecule has 2 rings (SSSR count). The van der Waals surface area contributed by atoms with E-state index in [1.54, 1.807) is 23.5 Å². The minimum atomic E-state index is 0.131. The first-order chi connectivity index (χ1) is 9.10. The molecule has 0 aliphatic heterocycles. The number of hydrogen-bond donors (Lipinski definition) is 2. The molecular weight excluding hydrogens is 350 g/mol. The van der Waals surface area contributed by atoms with E-state index in [9.17, 15) is 5.11 Å². The topological polar surface area (TPSA) is 41.5 Å². The molecule has 0 saturated heterocycles. The van der Waals surface area contributed by atoms with Crippen LogP contribution in [0.15, 0.2) is 28.1 Å². The summed E-state index contributed by atoms with van der Waals surface area (Å²) in [4.78, 5) is 1.22. The number of aromatic hydroxyl groups is 1. The Labute approximate surface area is 129 Å². The lowest BCUT2D eigenvalue weighted by molar-refractivity contribution is 0.369. The van der Waals surface area contributed by atoms with E-state index in [2.05, 4.69) is 27.3 Å². The number of methoxy groups -OCH3 is 1. The van der Waals surface area contributed by atoms with Crippen LogP contribution in [-0.2, 0) is 13.1 Å². The number of rotatable bonds is 5. The van der Waals surface area contributed by atoms with E-state index in [-0.39, 0.29) is 5.75 Å². The van der Waals surface area contributed by atoms with Gasteiger partial charge < -0.3 is 15.2 Å². The quantitative estimate of drug-likeness (QED) is 0.839. The van der Waals surface area contributed by atoms with E-state index < -0.39 is 0 Å². The molecule has 3 nitrogen and oxygen atoms in total. The van der Waals surface area contributed by atoms with Gasteiger partial charge in [0, 0.05) is 34.6 Å². The maximum Gasteiger partial charge on any atom is 0.162 e. The van der Waals surface area contributed by atoms with Crippen molar-refractivity contribution in [2.45, 2.75) is 13.1 Å². The maximum absolute atomic E-state index is 9.99. The number of phenols is 1. The van der Waals surface area contributed by atoms with Gasteiger partial charge in [0.25, 0.3) is 0 Å². The largest absolute Gasteiger partial charge is 0.504 e. The van der Waals surface area contributed by atoms with Gasteiger partial charge in [-0.2, -0.15) is 0 Å². The van der Waals surface area contributed by atoms with Gasteiger partial charge in [-0.15, -0.1) is 11.3 Å². The summed E-state index contributed by atoms with van der Waals surface area (Å²) < 4.78 is 6.18. The fourth-order valence-electron chi connectivity index (χ4n) is 1.69. The number of nitrogens with one attached hydrogen (secondary N) is 1. The Morgan fingerprint density at radius 1 is 1.37 bits per heavy atom. The molecule has 2 N–H and O–H groups in total. The number of benzene rings is 1. The van der Waals surface area contributed by atoms with Gasteiger partial charge in [0.15, 0.2) is 11.5 Å². The number of ether oxygens (including phenoxy) is 1. The van der Waals surface area contributed by atoms with Gasteiger partial charge in [-0.25, -0.2) is 0 Å². The van der Waals surface area contributed by atoms with E-state index in [0.29, 0.717) is 17.3 Å². The molecule has 0 aliphatic rings. The molecule has 0 unspecified atom stereocenters. The van der Waals surface area contributed by atoms with Crippen LogP contribution in [0.25, 0.3) is 0 Å². The van der Waals surface area contributed by atoms with Crippen molar-refractivity contribution in [3.8, 4) is 11.5 Å². The lowest BCUT2D eigenvalue weighted by atomic mass is 10.2. The molecule has 0 atom stereocenters. The predicted octanol–water partition coefficient (Wildman–Crippen LogP) is 4.17. The number of phenolic OH excluding ortho intramolecular Hbond substituents is 1. The predicted molar refractivity (Wildman–Crippen MR) is 82.2 cm³/mol. The van der Waals surface area contributed by atoms with Crippen LogP contribution in [0.1, 0.15) is 10.4 Å². The SMILES string of the molecule is COc1cc(Cl)cc(CNCc2ccc(Br)s2)c1O. The van der Waals surface area contributed by atoms with Crippen molar-refractivity contribution >= 4 is 38.9 Å². The molecular formula is C13H13BrClNO2S. The summed E-state index contributed by atoms with van der Waals surface area (Å²) in [6.07, 6.45) is 0. The van der Waals surface area contributed by atoms with Crippen molar-refractivity contribution in [3.05, 3.63) is 43.5 Å². The second-order valence-corrected chi connectivity index (χ2v) is 6.91. The van der Waals surface area contributed by atoms with Crippen LogP contribution in [0.5, 0.6) is 11.5 Å². The first-order valence-corrected chi connectivity index (χ1v) is 7.59. The van der Waals surface area contributed by atoms with E-state index in [1.807, 2.05) is 6.07 Å². The van der Waals surface area contributed by atoms with Crippen LogP contribution in [0.2, 0.25) is 5.02 Å². The highest BCUT2D eigenvalue weighted by atomic mass is 79.9. The van der Waals surface area contributed by atoms with E-state index >= 15 is 0 Å². The fourth-order valence-corrected chi connectivity index (χ4v) is 3.37. The van der Waals surface area contributed by atoms with Crippen molar-refractivity contribution < 1.29 is 9.84 Å². The molecule has 19 heavy (non-hydrogen) atoms. The molecule has 1 aromatic carbocycles. The smallest absolute Gasteiger partial charge is 0.162 e. The van der Waals surface area contributed by atoms with E-state index in [1.165, 1.54) is 12.0 Å². The van der Waals surface area contributed by atoms with Gasteiger partial charge in [-0.3, -0.25) is 0 Å². The molecule has 6 heteroatoms. The zero-order chi connectivity index (χ0) is 13.8.